The van der Waals surface area contributed by atoms with Crippen LogP contribution in [0.25, 0.3) is 16.6 Å². The Bertz CT molecular complexity index is 1360. The molecule has 1 unspecified atom stereocenters. The number of hydrogen-bond acceptors (Lipinski definition) is 3. The second-order valence-corrected chi connectivity index (χ2v) is 7.91. The molecule has 0 aliphatic carbocycles. The van der Waals surface area contributed by atoms with Crippen LogP contribution in [0.4, 0.5) is 5.69 Å². The van der Waals surface area contributed by atoms with Crippen LogP contribution in [0.2, 0.25) is 0 Å². The summed E-state index contributed by atoms with van der Waals surface area (Å²) in [6.45, 7) is 0. The Morgan fingerprint density at radius 1 is 0.964 bits per heavy atom. The first-order valence-electron chi connectivity index (χ1n) is 8.89. The standard InChI is InChI=1S/C21H17BrN4O2/c1-24-18-14(20(27)25(2)21(24)28)11-26-16-6-4-3-5-15(16)23-17(19(18)26)12-7-9-13(22)10-8-12/h3-11,17,23H,1-2H3. The number of halogens is 1. The highest BCUT2D eigenvalue weighted by Gasteiger charge is 2.30. The van der Waals surface area contributed by atoms with Gasteiger partial charge >= 0.3 is 5.69 Å². The Labute approximate surface area is 168 Å². The molecule has 0 fully saturated rings. The van der Waals surface area contributed by atoms with Crippen molar-refractivity contribution in [2.24, 2.45) is 14.1 Å². The summed E-state index contributed by atoms with van der Waals surface area (Å²) in [5.41, 5.74) is 3.90. The molecular formula is C21H17BrN4O2. The fourth-order valence-electron chi connectivity index (χ4n) is 4.01. The molecule has 0 spiro atoms. The molecule has 140 valence electrons. The third-order valence-electron chi connectivity index (χ3n) is 5.40. The van der Waals surface area contributed by atoms with Crippen molar-refractivity contribution in [3.8, 4) is 5.69 Å². The van der Waals surface area contributed by atoms with Gasteiger partial charge in [-0.3, -0.25) is 13.9 Å². The Kier molecular flexibility index (Phi) is 3.64. The first-order chi connectivity index (χ1) is 13.5. The number of para-hydroxylation sites is 2. The first kappa shape index (κ1) is 17.1. The number of hydrogen-bond donors (Lipinski definition) is 1. The van der Waals surface area contributed by atoms with Crippen molar-refractivity contribution in [2.75, 3.05) is 5.32 Å². The van der Waals surface area contributed by atoms with E-state index in [-0.39, 0.29) is 17.3 Å². The first-order valence-corrected chi connectivity index (χ1v) is 9.69. The van der Waals surface area contributed by atoms with E-state index in [1.54, 1.807) is 11.6 Å². The Morgan fingerprint density at radius 3 is 2.43 bits per heavy atom. The summed E-state index contributed by atoms with van der Waals surface area (Å²) in [4.78, 5) is 25.4. The summed E-state index contributed by atoms with van der Waals surface area (Å²) in [7, 11) is 3.23. The maximum absolute atomic E-state index is 12.8. The van der Waals surface area contributed by atoms with Crippen molar-refractivity contribution in [2.45, 2.75) is 6.04 Å². The summed E-state index contributed by atoms with van der Waals surface area (Å²) < 4.78 is 5.74. The normalized spacial score (nSPS) is 15.2. The second-order valence-electron chi connectivity index (χ2n) is 7.00. The van der Waals surface area contributed by atoms with Crippen LogP contribution in [0.3, 0.4) is 0 Å². The minimum atomic E-state index is -0.333. The minimum absolute atomic E-state index is 0.196. The van der Waals surface area contributed by atoms with Crippen LogP contribution in [-0.4, -0.2) is 13.7 Å². The lowest BCUT2D eigenvalue weighted by atomic mass is 9.99. The molecule has 7 heteroatoms. The molecule has 6 nitrogen and oxygen atoms in total. The highest BCUT2D eigenvalue weighted by molar-refractivity contribution is 9.10. The third-order valence-corrected chi connectivity index (χ3v) is 5.93. The Hall–Kier alpha value is -3.06. The van der Waals surface area contributed by atoms with Crippen LogP contribution in [0.5, 0.6) is 0 Å². The molecule has 0 amide bonds. The van der Waals surface area contributed by atoms with Gasteiger partial charge in [-0.2, -0.15) is 0 Å². The SMILES string of the molecule is Cn1c(=O)c2cn3c(c2n(C)c1=O)C(c1ccc(Br)cc1)Nc1ccccc1-3. The second kappa shape index (κ2) is 5.97. The summed E-state index contributed by atoms with van der Waals surface area (Å²) >= 11 is 3.48. The van der Waals surface area contributed by atoms with E-state index in [1.165, 1.54) is 7.05 Å². The average Bonchev–Trinajstić information content (AvgIpc) is 3.12. The Balaban J connectivity index is 1.93. The monoisotopic (exact) mass is 436 g/mol. The smallest absolute Gasteiger partial charge is 0.331 e. The van der Waals surface area contributed by atoms with Crippen molar-refractivity contribution in [3.05, 3.63) is 91.3 Å². The molecular weight excluding hydrogens is 420 g/mol. The molecule has 1 atom stereocenters. The number of anilines is 1. The molecule has 2 aromatic carbocycles. The quantitative estimate of drug-likeness (QED) is 0.497. The average molecular weight is 437 g/mol. The van der Waals surface area contributed by atoms with Gasteiger partial charge in [0.1, 0.15) is 0 Å². The van der Waals surface area contributed by atoms with Gasteiger partial charge in [-0.25, -0.2) is 4.79 Å². The van der Waals surface area contributed by atoms with Crippen LogP contribution < -0.4 is 16.6 Å². The number of aryl methyl sites for hydroxylation is 1. The number of benzene rings is 2. The molecule has 0 saturated carbocycles. The van der Waals surface area contributed by atoms with Gasteiger partial charge < -0.3 is 9.88 Å². The molecule has 1 N–H and O–H groups in total. The summed E-state index contributed by atoms with van der Waals surface area (Å²) in [6, 6.07) is 15.8. The molecule has 0 saturated heterocycles. The van der Waals surface area contributed by atoms with E-state index in [1.807, 2.05) is 59.3 Å². The van der Waals surface area contributed by atoms with Gasteiger partial charge in [0.15, 0.2) is 0 Å². The number of fused-ring (bicyclic) bond motifs is 5. The van der Waals surface area contributed by atoms with E-state index in [4.69, 9.17) is 0 Å². The topological polar surface area (TPSA) is 61.0 Å². The number of rotatable bonds is 1. The molecule has 4 aromatic rings. The predicted molar refractivity (Wildman–Crippen MR) is 113 cm³/mol. The maximum Gasteiger partial charge on any atom is 0.331 e. The minimum Gasteiger partial charge on any atom is -0.371 e. The van der Waals surface area contributed by atoms with Crippen LogP contribution in [0.1, 0.15) is 17.3 Å². The van der Waals surface area contributed by atoms with Gasteiger partial charge in [-0.1, -0.05) is 40.2 Å². The van der Waals surface area contributed by atoms with Gasteiger partial charge in [0, 0.05) is 24.8 Å². The van der Waals surface area contributed by atoms with Crippen molar-refractivity contribution >= 4 is 32.5 Å². The fraction of sp³-hybridized carbons (Fsp3) is 0.143. The van der Waals surface area contributed by atoms with Gasteiger partial charge in [0.25, 0.3) is 5.56 Å². The van der Waals surface area contributed by atoms with Crippen LogP contribution in [0.15, 0.2) is 68.8 Å². The fourth-order valence-corrected chi connectivity index (χ4v) is 4.27. The zero-order chi connectivity index (χ0) is 19.6. The highest BCUT2D eigenvalue weighted by atomic mass is 79.9. The summed E-state index contributed by atoms with van der Waals surface area (Å²) in [6.07, 6.45) is 1.85. The molecule has 5 rings (SSSR count). The van der Waals surface area contributed by atoms with Crippen molar-refractivity contribution in [1.29, 1.82) is 0 Å². The van der Waals surface area contributed by atoms with E-state index in [0.717, 1.165) is 31.7 Å². The molecule has 0 bridgehead atoms. The van der Waals surface area contributed by atoms with E-state index in [9.17, 15) is 9.59 Å². The van der Waals surface area contributed by atoms with E-state index >= 15 is 0 Å². The van der Waals surface area contributed by atoms with Crippen LogP contribution in [-0.2, 0) is 14.1 Å². The summed E-state index contributed by atoms with van der Waals surface area (Å²) in [5.74, 6) is 0. The molecule has 1 aliphatic rings. The molecule has 3 heterocycles. The Morgan fingerprint density at radius 2 is 1.68 bits per heavy atom. The zero-order valence-corrected chi connectivity index (χ0v) is 16.9. The molecule has 1 aliphatic heterocycles. The lowest BCUT2D eigenvalue weighted by Crippen LogP contribution is -2.37. The van der Waals surface area contributed by atoms with E-state index in [2.05, 4.69) is 21.2 Å². The molecule has 0 radical (unpaired) electrons. The molecule has 28 heavy (non-hydrogen) atoms. The van der Waals surface area contributed by atoms with Gasteiger partial charge in [0.05, 0.1) is 34.0 Å². The van der Waals surface area contributed by atoms with E-state index < -0.39 is 0 Å². The van der Waals surface area contributed by atoms with Crippen molar-refractivity contribution < 1.29 is 0 Å². The van der Waals surface area contributed by atoms with Crippen LogP contribution >= 0.6 is 15.9 Å². The highest BCUT2D eigenvalue weighted by Crippen LogP contribution is 2.40. The largest absolute Gasteiger partial charge is 0.371 e. The van der Waals surface area contributed by atoms with Crippen molar-refractivity contribution in [3.63, 3.8) is 0 Å². The number of nitrogens with one attached hydrogen (secondary N) is 1. The third kappa shape index (κ3) is 2.26. The van der Waals surface area contributed by atoms with Gasteiger partial charge in [-0.15, -0.1) is 0 Å². The zero-order valence-electron chi connectivity index (χ0n) is 15.3. The van der Waals surface area contributed by atoms with Gasteiger partial charge in [-0.05, 0) is 29.8 Å². The lowest BCUT2D eigenvalue weighted by Gasteiger charge is -2.30. The molecule has 2 aromatic heterocycles. The number of aromatic nitrogens is 3. The van der Waals surface area contributed by atoms with Gasteiger partial charge in [0.2, 0.25) is 0 Å². The van der Waals surface area contributed by atoms with Crippen molar-refractivity contribution in [1.82, 2.24) is 13.7 Å². The lowest BCUT2D eigenvalue weighted by molar-refractivity contribution is 0.708. The maximum atomic E-state index is 12.8. The van der Waals surface area contributed by atoms with Crippen LogP contribution in [0, 0.1) is 0 Å². The number of nitrogens with zero attached hydrogens (tertiary/aromatic N) is 3. The summed E-state index contributed by atoms with van der Waals surface area (Å²) in [5, 5.41) is 4.12. The van der Waals surface area contributed by atoms with E-state index in [0.29, 0.717) is 10.9 Å². The predicted octanol–water partition coefficient (Wildman–Crippen LogP) is 3.31.